The molecule has 4 nitrogen and oxygen atoms in total. The third kappa shape index (κ3) is 6.38. The molecule has 0 aliphatic carbocycles. The van der Waals surface area contributed by atoms with Crippen molar-refractivity contribution in [3.8, 4) is 11.5 Å². The van der Waals surface area contributed by atoms with Crippen LogP contribution in [0.5, 0.6) is 11.5 Å². The lowest BCUT2D eigenvalue weighted by atomic mass is 9.96. The number of para-hydroxylation sites is 2. The molecular formula is C29H22F2O4. The first-order chi connectivity index (χ1) is 17.0. The van der Waals surface area contributed by atoms with Gasteiger partial charge in [-0.2, -0.15) is 0 Å². The molecule has 0 saturated heterocycles. The molecule has 0 heterocycles. The Morgan fingerprint density at radius 1 is 0.543 bits per heavy atom. The van der Waals surface area contributed by atoms with Gasteiger partial charge in [0, 0.05) is 17.5 Å². The average Bonchev–Trinajstić information content (AvgIpc) is 2.89. The van der Waals surface area contributed by atoms with Gasteiger partial charge in [-0.1, -0.05) is 36.4 Å². The van der Waals surface area contributed by atoms with E-state index in [9.17, 15) is 18.4 Å². The summed E-state index contributed by atoms with van der Waals surface area (Å²) in [5.74, 6) is -0.941. The number of rotatable bonds is 10. The number of halogens is 2. The Morgan fingerprint density at radius 3 is 1.23 bits per heavy atom. The molecule has 0 aliphatic rings. The van der Waals surface area contributed by atoms with E-state index in [1.807, 2.05) is 12.1 Å². The Balaban J connectivity index is 1.67. The monoisotopic (exact) mass is 472 g/mol. The van der Waals surface area contributed by atoms with Crippen molar-refractivity contribution in [2.75, 3.05) is 0 Å². The van der Waals surface area contributed by atoms with Crippen LogP contribution in [0, 0.1) is 11.6 Å². The molecule has 0 bridgehead atoms. The number of carbonyl (C=O) groups is 2. The van der Waals surface area contributed by atoms with E-state index in [-0.39, 0.29) is 17.5 Å². The molecule has 0 aliphatic heterocycles. The normalized spacial score (nSPS) is 12.4. The van der Waals surface area contributed by atoms with Crippen LogP contribution in [0.3, 0.4) is 0 Å². The Morgan fingerprint density at radius 2 is 0.886 bits per heavy atom. The summed E-state index contributed by atoms with van der Waals surface area (Å²) in [6, 6.07) is 27.7. The highest BCUT2D eigenvalue weighted by atomic mass is 19.1. The second-order valence-corrected chi connectivity index (χ2v) is 7.82. The largest absolute Gasteiger partial charge is 0.482 e. The van der Waals surface area contributed by atoms with Gasteiger partial charge in [-0.25, -0.2) is 8.78 Å². The minimum absolute atomic E-state index is 0.129. The van der Waals surface area contributed by atoms with Gasteiger partial charge in [0.05, 0.1) is 0 Å². The number of carbonyl (C=O) groups excluding carboxylic acids is 2. The van der Waals surface area contributed by atoms with Crippen molar-refractivity contribution in [3.63, 3.8) is 0 Å². The molecule has 2 unspecified atom stereocenters. The van der Waals surface area contributed by atoms with Gasteiger partial charge in [-0.15, -0.1) is 0 Å². The van der Waals surface area contributed by atoms with Gasteiger partial charge in [0.1, 0.15) is 23.1 Å². The molecular weight excluding hydrogens is 450 g/mol. The van der Waals surface area contributed by atoms with E-state index in [4.69, 9.17) is 9.47 Å². The van der Waals surface area contributed by atoms with Crippen molar-refractivity contribution in [1.29, 1.82) is 0 Å². The number of benzene rings is 4. The fourth-order valence-electron chi connectivity index (χ4n) is 3.54. The fraction of sp³-hybridized carbons (Fsp3) is 0.103. The maximum Gasteiger partial charge on any atom is 0.203 e. The Labute approximate surface area is 201 Å². The number of Topliss-reactive ketones (excluding diaryl/α,β-unsaturated/α-hetero) is 2. The summed E-state index contributed by atoms with van der Waals surface area (Å²) in [6.07, 6.45) is -2.35. The van der Waals surface area contributed by atoms with Crippen LogP contribution in [-0.2, 0) is 0 Å². The van der Waals surface area contributed by atoms with Crippen LogP contribution in [0.2, 0.25) is 0 Å². The fourth-order valence-corrected chi connectivity index (χ4v) is 3.54. The maximum atomic E-state index is 13.4. The first-order valence-electron chi connectivity index (χ1n) is 11.0. The lowest BCUT2D eigenvalue weighted by Gasteiger charge is -2.24. The van der Waals surface area contributed by atoms with Crippen LogP contribution in [0.1, 0.15) is 27.1 Å². The molecule has 0 aromatic heterocycles. The summed E-state index contributed by atoms with van der Waals surface area (Å²) in [5, 5.41) is 0. The highest BCUT2D eigenvalue weighted by molar-refractivity contribution is 6.02. The minimum atomic E-state index is -1.11. The van der Waals surface area contributed by atoms with E-state index < -0.39 is 35.4 Å². The van der Waals surface area contributed by atoms with E-state index in [0.717, 1.165) is 0 Å². The smallest absolute Gasteiger partial charge is 0.203 e. The zero-order chi connectivity index (χ0) is 24.6. The van der Waals surface area contributed by atoms with Crippen molar-refractivity contribution in [1.82, 2.24) is 0 Å². The van der Waals surface area contributed by atoms with Crippen molar-refractivity contribution < 1.29 is 27.8 Å². The number of hydrogen-bond acceptors (Lipinski definition) is 4. The van der Waals surface area contributed by atoms with Gasteiger partial charge in [-0.05, 0) is 72.8 Å². The molecule has 4 aromatic carbocycles. The van der Waals surface area contributed by atoms with E-state index >= 15 is 0 Å². The van der Waals surface area contributed by atoms with Crippen molar-refractivity contribution in [2.24, 2.45) is 0 Å². The van der Waals surface area contributed by atoms with Gasteiger partial charge in [-0.3, -0.25) is 9.59 Å². The Hall–Kier alpha value is -4.32. The summed E-state index contributed by atoms with van der Waals surface area (Å²) < 4.78 is 38.9. The van der Waals surface area contributed by atoms with Crippen LogP contribution in [0.4, 0.5) is 8.78 Å². The Kier molecular flexibility index (Phi) is 7.63. The molecule has 0 spiro atoms. The van der Waals surface area contributed by atoms with E-state index in [0.29, 0.717) is 11.5 Å². The lowest BCUT2D eigenvalue weighted by Crippen LogP contribution is -2.38. The first kappa shape index (κ1) is 23.8. The molecule has 0 radical (unpaired) electrons. The van der Waals surface area contributed by atoms with Crippen LogP contribution < -0.4 is 9.47 Å². The zero-order valence-corrected chi connectivity index (χ0v) is 18.6. The first-order valence-corrected chi connectivity index (χ1v) is 11.0. The van der Waals surface area contributed by atoms with Crippen molar-refractivity contribution in [3.05, 3.63) is 132 Å². The molecule has 2 atom stereocenters. The second kappa shape index (κ2) is 11.2. The van der Waals surface area contributed by atoms with Crippen LogP contribution >= 0.6 is 0 Å². The summed E-state index contributed by atoms with van der Waals surface area (Å²) in [5.41, 5.74) is 0.472. The summed E-state index contributed by atoms with van der Waals surface area (Å²) in [7, 11) is 0. The number of ketones is 2. The lowest BCUT2D eigenvalue weighted by molar-refractivity contribution is 0.0588. The molecule has 0 amide bonds. The van der Waals surface area contributed by atoms with Crippen LogP contribution in [0.25, 0.3) is 0 Å². The van der Waals surface area contributed by atoms with Crippen LogP contribution in [0.15, 0.2) is 109 Å². The molecule has 4 rings (SSSR count). The van der Waals surface area contributed by atoms with E-state index in [1.165, 1.54) is 48.5 Å². The third-order valence-electron chi connectivity index (χ3n) is 5.31. The topological polar surface area (TPSA) is 52.6 Å². The molecule has 0 fully saturated rings. The quantitative estimate of drug-likeness (QED) is 0.254. The predicted octanol–water partition coefficient (Wildman–Crippen LogP) is 6.32. The third-order valence-corrected chi connectivity index (χ3v) is 5.31. The molecule has 176 valence electrons. The highest BCUT2D eigenvalue weighted by Gasteiger charge is 2.32. The van der Waals surface area contributed by atoms with Gasteiger partial charge < -0.3 is 9.47 Å². The zero-order valence-electron chi connectivity index (χ0n) is 18.6. The maximum absolute atomic E-state index is 13.4. The average molecular weight is 472 g/mol. The minimum Gasteiger partial charge on any atom is -0.482 e. The molecule has 6 heteroatoms. The SMILES string of the molecule is O=C(c1ccc(F)cc1)C(CC(Oc1ccccc1)C(=O)c1ccc(F)cc1)Oc1ccccc1. The van der Waals surface area contributed by atoms with Gasteiger partial charge in [0.15, 0.2) is 12.2 Å². The molecule has 0 N–H and O–H groups in total. The predicted molar refractivity (Wildman–Crippen MR) is 128 cm³/mol. The van der Waals surface area contributed by atoms with Crippen LogP contribution in [-0.4, -0.2) is 23.8 Å². The van der Waals surface area contributed by atoms with E-state index in [2.05, 4.69) is 0 Å². The molecule has 35 heavy (non-hydrogen) atoms. The second-order valence-electron chi connectivity index (χ2n) is 7.82. The van der Waals surface area contributed by atoms with Crippen molar-refractivity contribution in [2.45, 2.75) is 18.6 Å². The Bertz CT molecular complexity index is 1160. The highest BCUT2D eigenvalue weighted by Crippen LogP contribution is 2.23. The summed E-state index contributed by atoms with van der Waals surface area (Å²) in [4.78, 5) is 26.8. The molecule has 4 aromatic rings. The standard InChI is InChI=1S/C29H22F2O4/c30-22-15-11-20(12-16-22)28(32)26(34-24-7-3-1-4-8-24)19-27(35-25-9-5-2-6-10-25)29(33)21-13-17-23(31)18-14-21/h1-18,26-27H,19H2. The summed E-state index contributed by atoms with van der Waals surface area (Å²) >= 11 is 0. The molecule has 0 saturated carbocycles. The number of ether oxygens (including phenoxy) is 2. The van der Waals surface area contributed by atoms with Gasteiger partial charge in [0.2, 0.25) is 11.6 Å². The summed E-state index contributed by atoms with van der Waals surface area (Å²) in [6.45, 7) is 0. The van der Waals surface area contributed by atoms with Crippen molar-refractivity contribution >= 4 is 11.6 Å². The van der Waals surface area contributed by atoms with Gasteiger partial charge in [0.25, 0.3) is 0 Å². The number of hydrogen-bond donors (Lipinski definition) is 0. The van der Waals surface area contributed by atoms with E-state index in [1.54, 1.807) is 48.5 Å². The van der Waals surface area contributed by atoms with Gasteiger partial charge >= 0.3 is 0 Å².